The maximum Gasteiger partial charge on any atom is 0.215 e. The smallest absolute Gasteiger partial charge is 0.215 e. The molecule has 1 saturated carbocycles. The van der Waals surface area contributed by atoms with Gasteiger partial charge in [0.25, 0.3) is 0 Å². The largest absolute Gasteiger partial charge is 0.474 e. The number of nitrogens with two attached hydrogens (primary N) is 1. The summed E-state index contributed by atoms with van der Waals surface area (Å²) in [7, 11) is 0. The van der Waals surface area contributed by atoms with Crippen LogP contribution in [-0.2, 0) is 0 Å². The summed E-state index contributed by atoms with van der Waals surface area (Å²) in [6.07, 6.45) is 1.91. The van der Waals surface area contributed by atoms with E-state index in [0.717, 1.165) is 18.5 Å². The molecule has 1 aliphatic carbocycles. The number of hydrogen-bond donors (Lipinski definition) is 1. The lowest BCUT2D eigenvalue weighted by Crippen LogP contribution is -2.43. The lowest BCUT2D eigenvalue weighted by Gasteiger charge is -2.32. The van der Waals surface area contributed by atoms with Gasteiger partial charge in [-0.15, -0.1) is 0 Å². The lowest BCUT2D eigenvalue weighted by atomic mass is 9.90. The summed E-state index contributed by atoms with van der Waals surface area (Å²) in [5.41, 5.74) is 7.04. The molecule has 0 radical (unpaired) electrons. The molecule has 0 unspecified atom stereocenters. The Kier molecular flexibility index (Phi) is 2.57. The van der Waals surface area contributed by atoms with Gasteiger partial charge in [-0.3, -0.25) is 0 Å². The van der Waals surface area contributed by atoms with Crippen LogP contribution >= 0.6 is 0 Å². The average Bonchev–Trinajstić information content (AvgIpc) is 2.14. The van der Waals surface area contributed by atoms with Crippen LogP contribution in [0.5, 0.6) is 5.88 Å². The molecule has 78 valence electrons. The van der Waals surface area contributed by atoms with Crippen molar-refractivity contribution in [1.29, 1.82) is 5.26 Å². The maximum atomic E-state index is 8.78. The Labute approximate surface area is 88.7 Å². The third-order valence-electron chi connectivity index (χ3n) is 2.48. The molecule has 0 atom stereocenters. The van der Waals surface area contributed by atoms with Crippen molar-refractivity contribution in [2.45, 2.75) is 31.9 Å². The van der Waals surface area contributed by atoms with E-state index < -0.39 is 0 Å². The number of nitrogens with zero attached hydrogens (tertiary/aromatic N) is 2. The Morgan fingerprint density at radius 3 is 2.87 bits per heavy atom. The first-order valence-corrected chi connectivity index (χ1v) is 4.98. The Morgan fingerprint density at radius 2 is 2.27 bits per heavy atom. The molecule has 0 bridgehead atoms. The Balaban J connectivity index is 2.08. The molecular weight excluding hydrogens is 190 g/mol. The molecule has 0 spiro atoms. The van der Waals surface area contributed by atoms with E-state index in [9.17, 15) is 0 Å². The SMILES string of the molecule is Cc1cc(C#N)cc(OC2CC(N)C2)n1. The zero-order valence-electron chi connectivity index (χ0n) is 8.60. The van der Waals surface area contributed by atoms with Gasteiger partial charge in [-0.1, -0.05) is 0 Å². The van der Waals surface area contributed by atoms with Crippen molar-refractivity contribution in [2.24, 2.45) is 5.73 Å². The zero-order valence-corrected chi connectivity index (χ0v) is 8.60. The highest BCUT2D eigenvalue weighted by Gasteiger charge is 2.28. The maximum absolute atomic E-state index is 8.78. The van der Waals surface area contributed by atoms with Gasteiger partial charge in [-0.2, -0.15) is 5.26 Å². The molecule has 2 N–H and O–H groups in total. The first-order valence-electron chi connectivity index (χ1n) is 4.98. The van der Waals surface area contributed by atoms with Crippen molar-refractivity contribution in [2.75, 3.05) is 0 Å². The summed E-state index contributed by atoms with van der Waals surface area (Å²) in [6.45, 7) is 1.85. The second-order valence-corrected chi connectivity index (χ2v) is 3.92. The van der Waals surface area contributed by atoms with E-state index in [1.165, 1.54) is 0 Å². The van der Waals surface area contributed by atoms with Crippen molar-refractivity contribution in [3.8, 4) is 11.9 Å². The van der Waals surface area contributed by atoms with E-state index in [1.54, 1.807) is 12.1 Å². The molecule has 2 rings (SSSR count). The van der Waals surface area contributed by atoms with Crippen LogP contribution in [0.3, 0.4) is 0 Å². The number of aryl methyl sites for hydroxylation is 1. The summed E-state index contributed by atoms with van der Waals surface area (Å²) in [5, 5.41) is 8.78. The van der Waals surface area contributed by atoms with Crippen LogP contribution in [0.2, 0.25) is 0 Å². The monoisotopic (exact) mass is 203 g/mol. The Morgan fingerprint density at radius 1 is 1.53 bits per heavy atom. The van der Waals surface area contributed by atoms with E-state index in [0.29, 0.717) is 11.4 Å². The number of ether oxygens (including phenoxy) is 1. The lowest BCUT2D eigenvalue weighted by molar-refractivity contribution is 0.0957. The predicted molar refractivity (Wildman–Crippen MR) is 55.3 cm³/mol. The predicted octanol–water partition coefficient (Wildman–Crippen LogP) is 1.13. The molecule has 0 aliphatic heterocycles. The topological polar surface area (TPSA) is 71.9 Å². The molecule has 0 amide bonds. The second-order valence-electron chi connectivity index (χ2n) is 3.92. The average molecular weight is 203 g/mol. The molecule has 4 heteroatoms. The Bertz CT molecular complexity index is 405. The summed E-state index contributed by atoms with van der Waals surface area (Å²) in [6, 6.07) is 5.74. The number of rotatable bonds is 2. The van der Waals surface area contributed by atoms with Crippen LogP contribution in [-0.4, -0.2) is 17.1 Å². The molecule has 0 aromatic carbocycles. The molecule has 1 heterocycles. The fraction of sp³-hybridized carbons (Fsp3) is 0.455. The van der Waals surface area contributed by atoms with Gasteiger partial charge in [0.05, 0.1) is 11.6 Å². The number of pyridine rings is 1. The molecular formula is C11H13N3O. The van der Waals surface area contributed by atoms with Crippen LogP contribution in [0.4, 0.5) is 0 Å². The summed E-state index contributed by atoms with van der Waals surface area (Å²) in [4.78, 5) is 4.21. The van der Waals surface area contributed by atoms with Crippen LogP contribution in [0.15, 0.2) is 12.1 Å². The van der Waals surface area contributed by atoms with Crippen LogP contribution in [0, 0.1) is 18.3 Å². The van der Waals surface area contributed by atoms with Gasteiger partial charge >= 0.3 is 0 Å². The van der Waals surface area contributed by atoms with Crippen molar-refractivity contribution in [3.05, 3.63) is 23.4 Å². The van der Waals surface area contributed by atoms with Gasteiger partial charge in [0.2, 0.25) is 5.88 Å². The minimum atomic E-state index is 0.167. The fourth-order valence-electron chi connectivity index (χ4n) is 1.64. The van der Waals surface area contributed by atoms with Gasteiger partial charge in [0.1, 0.15) is 6.10 Å². The first kappa shape index (κ1) is 9.94. The van der Waals surface area contributed by atoms with E-state index in [-0.39, 0.29) is 12.1 Å². The molecule has 1 aliphatic rings. The van der Waals surface area contributed by atoms with Gasteiger partial charge in [-0.05, 0) is 25.8 Å². The summed E-state index contributed by atoms with van der Waals surface area (Å²) < 4.78 is 5.60. The van der Waals surface area contributed by atoms with Gasteiger partial charge in [0, 0.05) is 17.8 Å². The van der Waals surface area contributed by atoms with E-state index in [4.69, 9.17) is 15.7 Å². The van der Waals surface area contributed by atoms with E-state index in [1.807, 2.05) is 6.92 Å². The third kappa shape index (κ3) is 2.25. The molecule has 0 saturated heterocycles. The summed E-state index contributed by atoms with van der Waals surface area (Å²) >= 11 is 0. The van der Waals surface area contributed by atoms with Crippen LogP contribution in [0.1, 0.15) is 24.1 Å². The zero-order chi connectivity index (χ0) is 10.8. The normalized spacial score (nSPS) is 24.1. The second kappa shape index (κ2) is 3.87. The molecule has 1 aromatic heterocycles. The molecule has 15 heavy (non-hydrogen) atoms. The number of hydrogen-bond acceptors (Lipinski definition) is 4. The third-order valence-corrected chi connectivity index (χ3v) is 2.48. The van der Waals surface area contributed by atoms with Gasteiger partial charge in [0.15, 0.2) is 0 Å². The quantitative estimate of drug-likeness (QED) is 0.782. The Hall–Kier alpha value is -1.60. The fourth-order valence-corrected chi connectivity index (χ4v) is 1.64. The van der Waals surface area contributed by atoms with Crippen molar-refractivity contribution in [3.63, 3.8) is 0 Å². The standard InChI is InChI=1S/C11H13N3O/c1-7-2-8(6-12)3-11(14-7)15-10-4-9(13)5-10/h2-3,9-10H,4-5,13H2,1H3. The highest BCUT2D eigenvalue weighted by molar-refractivity contribution is 5.34. The van der Waals surface area contributed by atoms with E-state index in [2.05, 4.69) is 11.1 Å². The highest BCUT2D eigenvalue weighted by Crippen LogP contribution is 2.24. The van der Waals surface area contributed by atoms with Crippen molar-refractivity contribution in [1.82, 2.24) is 4.98 Å². The number of aromatic nitrogens is 1. The van der Waals surface area contributed by atoms with Gasteiger partial charge < -0.3 is 10.5 Å². The minimum absolute atomic E-state index is 0.167. The molecule has 4 nitrogen and oxygen atoms in total. The first-order chi connectivity index (χ1) is 7.17. The number of nitriles is 1. The van der Waals surface area contributed by atoms with E-state index >= 15 is 0 Å². The van der Waals surface area contributed by atoms with Gasteiger partial charge in [-0.25, -0.2) is 4.98 Å². The molecule has 1 aromatic rings. The van der Waals surface area contributed by atoms with Crippen molar-refractivity contribution < 1.29 is 4.74 Å². The van der Waals surface area contributed by atoms with Crippen molar-refractivity contribution >= 4 is 0 Å². The van der Waals surface area contributed by atoms with Crippen LogP contribution < -0.4 is 10.5 Å². The summed E-state index contributed by atoms with van der Waals surface area (Å²) in [5.74, 6) is 0.531. The minimum Gasteiger partial charge on any atom is -0.474 e. The van der Waals surface area contributed by atoms with Crippen LogP contribution in [0.25, 0.3) is 0 Å². The molecule has 1 fully saturated rings. The highest BCUT2D eigenvalue weighted by atomic mass is 16.5.